The molecule has 0 aromatic carbocycles. The van der Waals surface area contributed by atoms with Crippen LogP contribution in [0, 0.1) is 10.8 Å². The maximum atomic E-state index is 12.2. The fourth-order valence-electron chi connectivity index (χ4n) is 2.21. The van der Waals surface area contributed by atoms with E-state index < -0.39 is 0 Å². The predicted molar refractivity (Wildman–Crippen MR) is 67.0 cm³/mol. The van der Waals surface area contributed by atoms with Crippen LogP contribution in [0.2, 0.25) is 0 Å². The summed E-state index contributed by atoms with van der Waals surface area (Å²) in [5, 5.41) is 3.09. The lowest BCUT2D eigenvalue weighted by molar-refractivity contribution is -0.130. The van der Waals surface area contributed by atoms with Crippen LogP contribution in [0.15, 0.2) is 0 Å². The van der Waals surface area contributed by atoms with E-state index in [1.807, 2.05) is 0 Å². The summed E-state index contributed by atoms with van der Waals surface area (Å²) in [4.78, 5) is 12.2. The molecule has 0 heterocycles. The molecule has 0 unspecified atom stereocenters. The molecule has 1 fully saturated rings. The first kappa shape index (κ1) is 13.5. The molecular formula is C13H26N2O. The first-order valence-electron chi connectivity index (χ1n) is 6.44. The lowest BCUT2D eigenvalue weighted by Gasteiger charge is -2.29. The number of rotatable bonds is 5. The van der Waals surface area contributed by atoms with Crippen molar-refractivity contribution in [3.8, 4) is 0 Å². The van der Waals surface area contributed by atoms with Crippen molar-refractivity contribution in [1.29, 1.82) is 0 Å². The van der Waals surface area contributed by atoms with Crippen molar-refractivity contribution in [3.05, 3.63) is 0 Å². The fourth-order valence-corrected chi connectivity index (χ4v) is 2.21. The molecule has 1 aliphatic carbocycles. The molecule has 1 aliphatic rings. The van der Waals surface area contributed by atoms with E-state index in [9.17, 15) is 4.79 Å². The lowest BCUT2D eigenvalue weighted by Crippen LogP contribution is -2.46. The summed E-state index contributed by atoms with van der Waals surface area (Å²) in [6, 6.07) is 0. The van der Waals surface area contributed by atoms with Crippen LogP contribution in [-0.2, 0) is 4.79 Å². The van der Waals surface area contributed by atoms with Gasteiger partial charge < -0.3 is 11.1 Å². The summed E-state index contributed by atoms with van der Waals surface area (Å²) >= 11 is 0. The van der Waals surface area contributed by atoms with Crippen LogP contribution in [0.4, 0.5) is 0 Å². The number of nitrogens with two attached hydrogens (primary N) is 1. The Morgan fingerprint density at radius 2 is 1.94 bits per heavy atom. The Labute approximate surface area is 99.2 Å². The number of carbonyl (C=O) groups is 1. The van der Waals surface area contributed by atoms with Crippen molar-refractivity contribution in [2.24, 2.45) is 16.6 Å². The molecule has 1 rings (SSSR count). The van der Waals surface area contributed by atoms with Crippen molar-refractivity contribution < 1.29 is 4.79 Å². The third kappa shape index (κ3) is 2.97. The van der Waals surface area contributed by atoms with Crippen LogP contribution in [0.3, 0.4) is 0 Å². The predicted octanol–water partition coefficient (Wildman–Crippen LogP) is 2.06. The largest absolute Gasteiger partial charge is 0.355 e. The monoisotopic (exact) mass is 226 g/mol. The summed E-state index contributed by atoms with van der Waals surface area (Å²) in [5.41, 5.74) is 5.71. The average Bonchev–Trinajstić information content (AvgIpc) is 2.76. The zero-order valence-electron chi connectivity index (χ0n) is 10.9. The van der Waals surface area contributed by atoms with E-state index in [2.05, 4.69) is 26.1 Å². The van der Waals surface area contributed by atoms with Crippen LogP contribution >= 0.6 is 0 Å². The fraction of sp³-hybridized carbons (Fsp3) is 0.923. The number of amides is 1. The Morgan fingerprint density at radius 3 is 2.38 bits per heavy atom. The van der Waals surface area contributed by atoms with Gasteiger partial charge in [-0.2, -0.15) is 0 Å². The number of carbonyl (C=O) groups excluding carboxylic acids is 1. The third-order valence-corrected chi connectivity index (χ3v) is 4.12. The van der Waals surface area contributed by atoms with Crippen molar-refractivity contribution >= 4 is 5.91 Å². The second kappa shape index (κ2) is 5.17. The van der Waals surface area contributed by atoms with Gasteiger partial charge in [-0.1, -0.05) is 33.6 Å². The van der Waals surface area contributed by atoms with Gasteiger partial charge >= 0.3 is 0 Å². The Kier molecular flexibility index (Phi) is 4.36. The average molecular weight is 226 g/mol. The minimum Gasteiger partial charge on any atom is -0.355 e. The van der Waals surface area contributed by atoms with Gasteiger partial charge in [0.25, 0.3) is 0 Å². The van der Waals surface area contributed by atoms with Crippen LogP contribution < -0.4 is 11.1 Å². The van der Waals surface area contributed by atoms with Crippen molar-refractivity contribution in [2.75, 3.05) is 13.1 Å². The van der Waals surface area contributed by atoms with E-state index >= 15 is 0 Å². The highest BCUT2D eigenvalue weighted by molar-refractivity contribution is 5.83. The molecule has 0 saturated heterocycles. The first-order valence-corrected chi connectivity index (χ1v) is 6.44. The molecule has 1 saturated carbocycles. The minimum absolute atomic E-state index is 0.175. The maximum Gasteiger partial charge on any atom is 0.227 e. The van der Waals surface area contributed by atoms with Crippen LogP contribution in [-0.4, -0.2) is 19.0 Å². The summed E-state index contributed by atoms with van der Waals surface area (Å²) in [7, 11) is 0. The summed E-state index contributed by atoms with van der Waals surface area (Å²) in [6.07, 6.45) is 5.27. The number of hydrogen-bond donors (Lipinski definition) is 2. The number of nitrogens with one attached hydrogen (secondary N) is 1. The Balaban J connectivity index is 2.51. The van der Waals surface area contributed by atoms with Gasteiger partial charge in [-0.05, 0) is 24.7 Å². The zero-order valence-corrected chi connectivity index (χ0v) is 10.9. The Morgan fingerprint density at radius 1 is 1.38 bits per heavy atom. The van der Waals surface area contributed by atoms with Gasteiger partial charge in [0.1, 0.15) is 0 Å². The Bertz CT molecular complexity index is 242. The molecule has 0 aliphatic heterocycles. The summed E-state index contributed by atoms with van der Waals surface area (Å²) < 4.78 is 0. The smallest absolute Gasteiger partial charge is 0.227 e. The minimum atomic E-state index is -0.260. The van der Waals surface area contributed by atoms with E-state index in [1.54, 1.807) is 0 Å². The molecule has 3 nitrogen and oxygen atoms in total. The van der Waals surface area contributed by atoms with Gasteiger partial charge in [0.15, 0.2) is 0 Å². The highest BCUT2D eigenvalue weighted by Gasteiger charge is 2.39. The van der Waals surface area contributed by atoms with Crippen LogP contribution in [0.5, 0.6) is 0 Å². The van der Waals surface area contributed by atoms with Crippen molar-refractivity contribution in [3.63, 3.8) is 0 Å². The van der Waals surface area contributed by atoms with Crippen molar-refractivity contribution in [2.45, 2.75) is 52.9 Å². The summed E-state index contributed by atoms with van der Waals surface area (Å²) in [6.45, 7) is 7.75. The van der Waals surface area contributed by atoms with Gasteiger partial charge in [-0.25, -0.2) is 0 Å². The molecule has 0 radical (unpaired) electrons. The first-order chi connectivity index (χ1) is 7.46. The highest BCUT2D eigenvalue weighted by atomic mass is 16.2. The lowest BCUT2D eigenvalue weighted by atomic mass is 9.84. The molecule has 0 aromatic rings. The van der Waals surface area contributed by atoms with Gasteiger partial charge in [0.2, 0.25) is 5.91 Å². The second-order valence-corrected chi connectivity index (χ2v) is 5.89. The van der Waals surface area contributed by atoms with E-state index in [4.69, 9.17) is 5.73 Å². The molecular weight excluding hydrogens is 200 g/mol. The molecule has 1 amide bonds. The van der Waals surface area contributed by atoms with Gasteiger partial charge in [-0.15, -0.1) is 0 Å². The molecule has 0 bridgehead atoms. The molecule has 94 valence electrons. The highest BCUT2D eigenvalue weighted by Crippen LogP contribution is 2.37. The van der Waals surface area contributed by atoms with E-state index in [0.29, 0.717) is 6.54 Å². The second-order valence-electron chi connectivity index (χ2n) is 5.89. The molecule has 16 heavy (non-hydrogen) atoms. The van der Waals surface area contributed by atoms with Gasteiger partial charge in [0, 0.05) is 13.1 Å². The van der Waals surface area contributed by atoms with Crippen LogP contribution in [0.25, 0.3) is 0 Å². The molecule has 0 aromatic heterocycles. The third-order valence-electron chi connectivity index (χ3n) is 4.12. The molecule has 3 heteroatoms. The topological polar surface area (TPSA) is 55.1 Å². The molecule has 3 N–H and O–H groups in total. The van der Waals surface area contributed by atoms with E-state index in [-0.39, 0.29) is 16.7 Å². The standard InChI is InChI=1S/C13H26N2O/c1-4-12(2,3)10-15-11(16)13(9-14)7-5-6-8-13/h4-10,14H2,1-3H3,(H,15,16). The quantitative estimate of drug-likeness (QED) is 0.754. The van der Waals surface area contributed by atoms with Crippen molar-refractivity contribution in [1.82, 2.24) is 5.32 Å². The van der Waals surface area contributed by atoms with Gasteiger partial charge in [-0.3, -0.25) is 4.79 Å². The molecule has 0 spiro atoms. The van der Waals surface area contributed by atoms with E-state index in [1.165, 1.54) is 0 Å². The summed E-state index contributed by atoms with van der Waals surface area (Å²) in [5.74, 6) is 0.175. The molecule has 0 atom stereocenters. The SMILES string of the molecule is CCC(C)(C)CNC(=O)C1(CN)CCCC1. The Hall–Kier alpha value is -0.570. The van der Waals surface area contributed by atoms with Crippen LogP contribution in [0.1, 0.15) is 52.9 Å². The van der Waals surface area contributed by atoms with Gasteiger partial charge in [0.05, 0.1) is 5.41 Å². The zero-order chi connectivity index (χ0) is 12.2. The normalized spacial score (nSPS) is 19.8. The van der Waals surface area contributed by atoms with E-state index in [0.717, 1.165) is 38.6 Å². The maximum absolute atomic E-state index is 12.2. The number of hydrogen-bond acceptors (Lipinski definition) is 2.